The Morgan fingerprint density at radius 2 is 1.96 bits per heavy atom. The number of nitrogens with one attached hydrogen (secondary N) is 1. The lowest BCUT2D eigenvalue weighted by atomic mass is 9.85. The Hall–Kier alpha value is -2.24. The molecule has 1 N–H and O–H groups in total. The Balaban J connectivity index is 1.50. The molecule has 6 heteroatoms. The summed E-state index contributed by atoms with van der Waals surface area (Å²) in [5.74, 6) is 1.85. The molecule has 2 heterocycles. The number of rotatable bonds is 5. The zero-order valence-corrected chi connectivity index (χ0v) is 16.7. The summed E-state index contributed by atoms with van der Waals surface area (Å²) in [6, 6.07) is 14.3. The van der Waals surface area contributed by atoms with Crippen molar-refractivity contribution in [3.05, 3.63) is 58.6 Å². The number of amides is 1. The number of fused-ring (bicyclic) bond motifs is 1. The van der Waals surface area contributed by atoms with Gasteiger partial charge in [-0.1, -0.05) is 48.9 Å². The summed E-state index contributed by atoms with van der Waals surface area (Å²) in [4.78, 5) is 14.5. The fourth-order valence-electron chi connectivity index (χ4n) is 4.04. The summed E-state index contributed by atoms with van der Waals surface area (Å²) in [6.07, 6.45) is 1.48. The van der Waals surface area contributed by atoms with Crippen LogP contribution < -0.4 is 14.8 Å². The van der Waals surface area contributed by atoms with E-state index in [1.807, 2.05) is 25.1 Å². The average molecular weight is 401 g/mol. The molecule has 1 fully saturated rings. The van der Waals surface area contributed by atoms with Crippen molar-refractivity contribution < 1.29 is 14.3 Å². The molecule has 0 aliphatic carbocycles. The first-order valence-electron chi connectivity index (χ1n) is 9.78. The predicted octanol–water partition coefficient (Wildman–Crippen LogP) is 3.95. The molecule has 0 bridgehead atoms. The van der Waals surface area contributed by atoms with Gasteiger partial charge in [0.05, 0.1) is 0 Å². The first-order chi connectivity index (χ1) is 13.6. The van der Waals surface area contributed by atoms with Crippen LogP contribution in [0.15, 0.2) is 42.5 Å². The van der Waals surface area contributed by atoms with Gasteiger partial charge in [0.2, 0.25) is 12.7 Å². The van der Waals surface area contributed by atoms with Crippen LogP contribution in [0.25, 0.3) is 0 Å². The maximum atomic E-state index is 12.1. The van der Waals surface area contributed by atoms with Crippen LogP contribution in [0.3, 0.4) is 0 Å². The number of likely N-dealkylation sites (tertiary alicyclic amines) is 1. The topological polar surface area (TPSA) is 50.8 Å². The second-order valence-electron chi connectivity index (χ2n) is 7.37. The van der Waals surface area contributed by atoms with Crippen LogP contribution in [0.4, 0.5) is 0 Å². The molecule has 0 aromatic heterocycles. The molecule has 0 unspecified atom stereocenters. The summed E-state index contributed by atoms with van der Waals surface area (Å²) >= 11 is 6.46. The molecular weight excluding hydrogens is 376 g/mol. The first-order valence-corrected chi connectivity index (χ1v) is 10.2. The van der Waals surface area contributed by atoms with Gasteiger partial charge in [-0.15, -0.1) is 0 Å². The summed E-state index contributed by atoms with van der Waals surface area (Å²) in [5.41, 5.74) is 2.30. The number of ether oxygens (including phenoxy) is 2. The van der Waals surface area contributed by atoms with Gasteiger partial charge in [-0.25, -0.2) is 0 Å². The Morgan fingerprint density at radius 3 is 2.71 bits per heavy atom. The summed E-state index contributed by atoms with van der Waals surface area (Å²) in [5, 5.41) is 3.91. The Morgan fingerprint density at radius 1 is 1.21 bits per heavy atom. The second kappa shape index (κ2) is 8.41. The molecule has 1 amide bonds. The smallest absolute Gasteiger partial charge is 0.231 e. The van der Waals surface area contributed by atoms with Crippen LogP contribution in [0, 0.1) is 0 Å². The highest BCUT2D eigenvalue weighted by Gasteiger charge is 2.31. The molecule has 2 aliphatic rings. The molecular formula is C22H25ClN2O3. The normalized spacial score (nSPS) is 21.5. The van der Waals surface area contributed by atoms with Crippen LogP contribution in [-0.4, -0.2) is 36.7 Å². The summed E-state index contributed by atoms with van der Waals surface area (Å²) in [6.45, 7) is 4.58. The van der Waals surface area contributed by atoms with Gasteiger partial charge in [0.1, 0.15) is 0 Å². The van der Waals surface area contributed by atoms with Gasteiger partial charge in [-0.3, -0.25) is 9.69 Å². The van der Waals surface area contributed by atoms with Crippen molar-refractivity contribution in [3.63, 3.8) is 0 Å². The monoisotopic (exact) mass is 400 g/mol. The number of hydrogen-bond acceptors (Lipinski definition) is 4. The van der Waals surface area contributed by atoms with E-state index < -0.39 is 0 Å². The quantitative estimate of drug-likeness (QED) is 0.825. The van der Waals surface area contributed by atoms with Crippen LogP contribution in [0.1, 0.15) is 36.8 Å². The van der Waals surface area contributed by atoms with E-state index in [2.05, 4.69) is 34.5 Å². The fourth-order valence-corrected chi connectivity index (χ4v) is 4.25. The van der Waals surface area contributed by atoms with Gasteiger partial charge in [-0.05, 0) is 30.2 Å². The van der Waals surface area contributed by atoms with Crippen molar-refractivity contribution in [3.8, 4) is 11.5 Å². The molecule has 1 saturated heterocycles. The molecule has 0 saturated carbocycles. The van der Waals surface area contributed by atoms with Gasteiger partial charge in [-0.2, -0.15) is 0 Å². The molecule has 0 radical (unpaired) electrons. The molecule has 2 atom stereocenters. The van der Waals surface area contributed by atoms with Gasteiger partial charge in [0.15, 0.2) is 11.5 Å². The molecule has 2 aromatic rings. The highest BCUT2D eigenvalue weighted by molar-refractivity contribution is 6.31. The van der Waals surface area contributed by atoms with Crippen LogP contribution in [0.5, 0.6) is 11.5 Å². The molecule has 28 heavy (non-hydrogen) atoms. The standard InChI is InChI=1S/C22H25ClN2O3/c1-2-22(26)24-19-13-25(9-8-17(19)15-6-4-3-5-7-15)12-16-10-20-21(11-18(16)23)28-14-27-20/h3-7,10-11,17,19H,2,8-9,12-14H2,1H3,(H,24,26)/t17-,19-/m0/s1. The van der Waals surface area contributed by atoms with E-state index in [-0.39, 0.29) is 18.7 Å². The number of carbonyl (C=O) groups is 1. The summed E-state index contributed by atoms with van der Waals surface area (Å²) < 4.78 is 10.9. The Bertz CT molecular complexity index is 843. The lowest BCUT2D eigenvalue weighted by molar-refractivity contribution is -0.122. The van der Waals surface area contributed by atoms with E-state index in [1.54, 1.807) is 0 Å². The Kier molecular flexibility index (Phi) is 5.74. The highest BCUT2D eigenvalue weighted by atomic mass is 35.5. The second-order valence-corrected chi connectivity index (χ2v) is 7.77. The maximum absolute atomic E-state index is 12.1. The number of piperidine rings is 1. The van der Waals surface area contributed by atoms with Crippen molar-refractivity contribution >= 4 is 17.5 Å². The van der Waals surface area contributed by atoms with Gasteiger partial charge in [0.25, 0.3) is 0 Å². The van der Waals surface area contributed by atoms with Crippen molar-refractivity contribution in [1.29, 1.82) is 0 Å². The van der Waals surface area contributed by atoms with Crippen LogP contribution in [-0.2, 0) is 11.3 Å². The highest BCUT2D eigenvalue weighted by Crippen LogP contribution is 2.38. The molecule has 2 aliphatic heterocycles. The summed E-state index contributed by atoms with van der Waals surface area (Å²) in [7, 11) is 0. The number of halogens is 1. The van der Waals surface area contributed by atoms with Crippen LogP contribution >= 0.6 is 11.6 Å². The molecule has 4 rings (SSSR count). The van der Waals surface area contributed by atoms with Crippen molar-refractivity contribution in [2.24, 2.45) is 0 Å². The fraction of sp³-hybridized carbons (Fsp3) is 0.409. The zero-order valence-electron chi connectivity index (χ0n) is 16.0. The molecule has 148 valence electrons. The molecule has 2 aromatic carbocycles. The van der Waals surface area contributed by atoms with Gasteiger partial charge >= 0.3 is 0 Å². The van der Waals surface area contributed by atoms with Crippen molar-refractivity contribution in [2.45, 2.75) is 38.3 Å². The van der Waals surface area contributed by atoms with Gasteiger partial charge in [0, 0.05) is 42.6 Å². The van der Waals surface area contributed by atoms with Crippen molar-refractivity contribution in [2.75, 3.05) is 19.9 Å². The largest absolute Gasteiger partial charge is 0.454 e. The van der Waals surface area contributed by atoms with E-state index in [0.29, 0.717) is 23.1 Å². The minimum absolute atomic E-state index is 0.0800. The van der Waals surface area contributed by atoms with E-state index in [0.717, 1.165) is 37.4 Å². The van der Waals surface area contributed by atoms with E-state index in [1.165, 1.54) is 5.56 Å². The maximum Gasteiger partial charge on any atom is 0.231 e. The van der Waals surface area contributed by atoms with E-state index in [4.69, 9.17) is 21.1 Å². The number of nitrogens with zero attached hydrogens (tertiary/aromatic N) is 1. The third-order valence-corrected chi connectivity index (χ3v) is 5.88. The third-order valence-electron chi connectivity index (χ3n) is 5.53. The number of hydrogen-bond donors (Lipinski definition) is 1. The lowest BCUT2D eigenvalue weighted by Crippen LogP contribution is -2.51. The third kappa shape index (κ3) is 4.10. The predicted molar refractivity (Wildman–Crippen MR) is 109 cm³/mol. The Labute approximate surface area is 170 Å². The number of carbonyl (C=O) groups excluding carboxylic acids is 1. The number of benzene rings is 2. The zero-order chi connectivity index (χ0) is 19.5. The van der Waals surface area contributed by atoms with E-state index >= 15 is 0 Å². The molecule has 0 spiro atoms. The van der Waals surface area contributed by atoms with E-state index in [9.17, 15) is 4.79 Å². The SMILES string of the molecule is CCC(=O)N[C@H]1CN(Cc2cc3c(cc2Cl)OCO3)CC[C@H]1c1ccccc1. The van der Waals surface area contributed by atoms with Crippen LogP contribution in [0.2, 0.25) is 5.02 Å². The first kappa shape index (κ1) is 19.1. The molecule has 5 nitrogen and oxygen atoms in total. The average Bonchev–Trinajstić information content (AvgIpc) is 3.16. The minimum Gasteiger partial charge on any atom is -0.454 e. The lowest BCUT2D eigenvalue weighted by Gasteiger charge is -2.39. The van der Waals surface area contributed by atoms with Gasteiger partial charge < -0.3 is 14.8 Å². The van der Waals surface area contributed by atoms with Crippen molar-refractivity contribution in [1.82, 2.24) is 10.2 Å². The minimum atomic E-state index is 0.0800.